The molecule has 3 heteroatoms. The number of hydrogen-bond acceptors (Lipinski definition) is 3. The van der Waals surface area contributed by atoms with Crippen molar-refractivity contribution < 1.29 is 5.11 Å². The Balaban J connectivity index is 1.91. The maximum atomic E-state index is 8.85. The minimum absolute atomic E-state index is 0.199. The smallest absolute Gasteiger partial charge is 0.0636 e. The molecule has 1 aliphatic rings. The maximum absolute atomic E-state index is 8.85. The number of aliphatic hydroxyl groups is 1. The van der Waals surface area contributed by atoms with Gasteiger partial charge < -0.3 is 10.4 Å². The van der Waals surface area contributed by atoms with E-state index in [0.717, 1.165) is 6.54 Å². The summed E-state index contributed by atoms with van der Waals surface area (Å²) in [5, 5.41) is 12.1. The van der Waals surface area contributed by atoms with E-state index < -0.39 is 0 Å². The molecule has 9 heavy (non-hydrogen) atoms. The average molecular weight is 147 g/mol. The molecule has 2 nitrogen and oxygen atoms in total. The standard InChI is InChI=1S/C6H13NOS/c1-5(8)2-7-6-3-9-4-6/h5-8H,2-4H2,1H3/t5-/m1/s1. The Morgan fingerprint density at radius 3 is 2.78 bits per heavy atom. The van der Waals surface area contributed by atoms with Crippen LogP contribution in [0.25, 0.3) is 0 Å². The van der Waals surface area contributed by atoms with Gasteiger partial charge in [0.2, 0.25) is 0 Å². The monoisotopic (exact) mass is 147 g/mol. The van der Waals surface area contributed by atoms with Gasteiger partial charge in [0.25, 0.3) is 0 Å². The van der Waals surface area contributed by atoms with Crippen molar-refractivity contribution in [3.63, 3.8) is 0 Å². The Hall–Kier alpha value is 0.270. The highest BCUT2D eigenvalue weighted by Crippen LogP contribution is 2.16. The molecule has 0 aromatic rings. The zero-order chi connectivity index (χ0) is 6.69. The van der Waals surface area contributed by atoms with E-state index in [2.05, 4.69) is 5.32 Å². The normalized spacial score (nSPS) is 23.3. The molecule has 0 aromatic carbocycles. The molecular weight excluding hydrogens is 134 g/mol. The first-order chi connectivity index (χ1) is 4.29. The predicted octanol–water partition coefficient (Wildman–Crippen LogP) is 0.0722. The molecule has 54 valence electrons. The quantitative estimate of drug-likeness (QED) is 0.592. The summed E-state index contributed by atoms with van der Waals surface area (Å²) >= 11 is 1.95. The second-order valence-electron chi connectivity index (χ2n) is 2.49. The number of thioether (sulfide) groups is 1. The fraction of sp³-hybridized carbons (Fsp3) is 1.00. The molecule has 1 rings (SSSR count). The van der Waals surface area contributed by atoms with Crippen molar-refractivity contribution in [2.75, 3.05) is 18.1 Å². The lowest BCUT2D eigenvalue weighted by atomic mass is 10.3. The highest BCUT2D eigenvalue weighted by molar-refractivity contribution is 8.00. The summed E-state index contributed by atoms with van der Waals surface area (Å²) in [6, 6.07) is 0.671. The topological polar surface area (TPSA) is 32.3 Å². The molecule has 0 saturated carbocycles. The molecule has 1 heterocycles. The number of hydrogen-bond donors (Lipinski definition) is 2. The Labute approximate surface area is 60.0 Å². The van der Waals surface area contributed by atoms with E-state index >= 15 is 0 Å². The average Bonchev–Trinajstić information content (AvgIpc) is 1.60. The molecule has 0 bridgehead atoms. The highest BCUT2D eigenvalue weighted by atomic mass is 32.2. The number of aliphatic hydroxyl groups excluding tert-OH is 1. The van der Waals surface area contributed by atoms with Crippen molar-refractivity contribution in [2.24, 2.45) is 0 Å². The van der Waals surface area contributed by atoms with Crippen LogP contribution < -0.4 is 5.32 Å². The van der Waals surface area contributed by atoms with Crippen molar-refractivity contribution >= 4 is 11.8 Å². The van der Waals surface area contributed by atoms with Crippen LogP contribution in [0.4, 0.5) is 0 Å². The van der Waals surface area contributed by atoms with E-state index in [-0.39, 0.29) is 6.10 Å². The summed E-state index contributed by atoms with van der Waals surface area (Å²) < 4.78 is 0. The SMILES string of the molecule is C[C@@H](O)CNC1CSC1. The van der Waals surface area contributed by atoms with Crippen molar-refractivity contribution in [3.8, 4) is 0 Å². The lowest BCUT2D eigenvalue weighted by Gasteiger charge is -2.26. The van der Waals surface area contributed by atoms with Gasteiger partial charge in [-0.05, 0) is 6.92 Å². The Bertz CT molecular complexity index is 83.1. The summed E-state index contributed by atoms with van der Waals surface area (Å²) in [5.74, 6) is 2.43. The van der Waals surface area contributed by atoms with Crippen LogP contribution in [0.1, 0.15) is 6.92 Å². The summed E-state index contributed by atoms with van der Waals surface area (Å²) in [6.07, 6.45) is -0.199. The first-order valence-electron chi connectivity index (χ1n) is 3.28. The molecule has 1 aliphatic heterocycles. The number of nitrogens with one attached hydrogen (secondary N) is 1. The lowest BCUT2D eigenvalue weighted by molar-refractivity contribution is 0.188. The van der Waals surface area contributed by atoms with Gasteiger partial charge in [-0.2, -0.15) is 11.8 Å². The Morgan fingerprint density at radius 2 is 2.44 bits per heavy atom. The molecule has 1 saturated heterocycles. The van der Waals surface area contributed by atoms with Crippen LogP contribution in [0.2, 0.25) is 0 Å². The molecule has 1 fully saturated rings. The van der Waals surface area contributed by atoms with Crippen molar-refractivity contribution in [3.05, 3.63) is 0 Å². The van der Waals surface area contributed by atoms with Crippen LogP contribution in [0.3, 0.4) is 0 Å². The summed E-state index contributed by atoms with van der Waals surface area (Å²) in [7, 11) is 0. The third-order valence-electron chi connectivity index (χ3n) is 1.34. The van der Waals surface area contributed by atoms with Crippen molar-refractivity contribution in [2.45, 2.75) is 19.1 Å². The van der Waals surface area contributed by atoms with Crippen LogP contribution in [-0.4, -0.2) is 35.3 Å². The fourth-order valence-electron chi connectivity index (χ4n) is 0.691. The predicted molar refractivity (Wildman–Crippen MR) is 40.8 cm³/mol. The van der Waals surface area contributed by atoms with E-state index in [4.69, 9.17) is 5.11 Å². The molecule has 0 spiro atoms. The minimum Gasteiger partial charge on any atom is -0.392 e. The van der Waals surface area contributed by atoms with Gasteiger partial charge in [0.1, 0.15) is 0 Å². The van der Waals surface area contributed by atoms with Gasteiger partial charge in [0.15, 0.2) is 0 Å². The second-order valence-corrected chi connectivity index (χ2v) is 3.57. The molecule has 1 atom stereocenters. The molecule has 0 aromatic heterocycles. The zero-order valence-electron chi connectivity index (χ0n) is 5.63. The number of rotatable bonds is 3. The van der Waals surface area contributed by atoms with Crippen LogP contribution in [-0.2, 0) is 0 Å². The van der Waals surface area contributed by atoms with Crippen LogP contribution in [0, 0.1) is 0 Å². The van der Waals surface area contributed by atoms with Crippen molar-refractivity contribution in [1.29, 1.82) is 0 Å². The molecule has 0 amide bonds. The fourth-order valence-corrected chi connectivity index (χ4v) is 1.40. The van der Waals surface area contributed by atoms with E-state index in [1.165, 1.54) is 11.5 Å². The van der Waals surface area contributed by atoms with Gasteiger partial charge in [0.05, 0.1) is 6.10 Å². The molecule has 0 aliphatic carbocycles. The van der Waals surface area contributed by atoms with Crippen LogP contribution in [0.15, 0.2) is 0 Å². The van der Waals surface area contributed by atoms with Gasteiger partial charge in [0, 0.05) is 24.1 Å². The largest absolute Gasteiger partial charge is 0.392 e. The van der Waals surface area contributed by atoms with Crippen molar-refractivity contribution in [1.82, 2.24) is 5.32 Å². The van der Waals surface area contributed by atoms with E-state index in [1.54, 1.807) is 6.92 Å². The summed E-state index contributed by atoms with van der Waals surface area (Å²) in [5.41, 5.74) is 0. The van der Waals surface area contributed by atoms with Gasteiger partial charge in [-0.3, -0.25) is 0 Å². The van der Waals surface area contributed by atoms with Gasteiger partial charge in [-0.1, -0.05) is 0 Å². The van der Waals surface area contributed by atoms with Crippen LogP contribution >= 0.6 is 11.8 Å². The first kappa shape index (κ1) is 7.38. The third-order valence-corrected chi connectivity index (χ3v) is 2.62. The first-order valence-corrected chi connectivity index (χ1v) is 4.43. The van der Waals surface area contributed by atoms with Gasteiger partial charge >= 0.3 is 0 Å². The summed E-state index contributed by atoms with van der Waals surface area (Å²) in [6.45, 7) is 2.55. The molecule has 0 radical (unpaired) electrons. The Kier molecular flexibility index (Phi) is 2.82. The van der Waals surface area contributed by atoms with E-state index in [9.17, 15) is 0 Å². The molecule has 2 N–H and O–H groups in total. The third kappa shape index (κ3) is 2.56. The summed E-state index contributed by atoms with van der Waals surface area (Å²) in [4.78, 5) is 0. The lowest BCUT2D eigenvalue weighted by Crippen LogP contribution is -2.43. The zero-order valence-corrected chi connectivity index (χ0v) is 6.45. The second kappa shape index (κ2) is 3.44. The molecule has 0 unspecified atom stereocenters. The van der Waals surface area contributed by atoms with Crippen LogP contribution in [0.5, 0.6) is 0 Å². The van der Waals surface area contributed by atoms with Gasteiger partial charge in [-0.25, -0.2) is 0 Å². The minimum atomic E-state index is -0.199. The van der Waals surface area contributed by atoms with E-state index in [1.807, 2.05) is 11.8 Å². The van der Waals surface area contributed by atoms with E-state index in [0.29, 0.717) is 6.04 Å². The Morgan fingerprint density at radius 1 is 1.78 bits per heavy atom. The highest BCUT2D eigenvalue weighted by Gasteiger charge is 2.16. The molecular formula is C6H13NOS. The maximum Gasteiger partial charge on any atom is 0.0636 e. The van der Waals surface area contributed by atoms with Gasteiger partial charge in [-0.15, -0.1) is 0 Å².